The highest BCUT2D eigenvalue weighted by Gasteiger charge is 2.37. The largest absolute Gasteiger partial charge is 0.466 e. The molecule has 0 aromatic carbocycles. The fourth-order valence-corrected chi connectivity index (χ4v) is 4.36. The van der Waals surface area contributed by atoms with E-state index in [1.54, 1.807) is 20.8 Å². The van der Waals surface area contributed by atoms with E-state index < -0.39 is 16.1 Å². The quantitative estimate of drug-likeness (QED) is 0.677. The van der Waals surface area contributed by atoms with Gasteiger partial charge < -0.3 is 9.84 Å². The van der Waals surface area contributed by atoms with Crippen LogP contribution in [-0.2, 0) is 19.7 Å². The number of piperidine rings is 1. The zero-order valence-electron chi connectivity index (χ0n) is 13.0. The second kappa shape index (κ2) is 8.07. The highest BCUT2D eigenvalue weighted by Crippen LogP contribution is 2.23. The maximum absolute atomic E-state index is 12.6. The maximum atomic E-state index is 12.6. The Morgan fingerprint density at radius 1 is 1.48 bits per heavy atom. The van der Waals surface area contributed by atoms with Crippen LogP contribution in [0.15, 0.2) is 0 Å². The van der Waals surface area contributed by atoms with Crippen molar-refractivity contribution in [3.63, 3.8) is 0 Å². The van der Waals surface area contributed by atoms with E-state index in [4.69, 9.17) is 9.84 Å². The van der Waals surface area contributed by atoms with Crippen molar-refractivity contribution in [2.75, 3.05) is 32.8 Å². The van der Waals surface area contributed by atoms with Crippen LogP contribution in [0, 0.1) is 5.92 Å². The summed E-state index contributed by atoms with van der Waals surface area (Å²) < 4.78 is 32.8. The van der Waals surface area contributed by atoms with Crippen LogP contribution in [0.5, 0.6) is 0 Å². The smallest absolute Gasteiger partial charge is 0.310 e. The predicted molar refractivity (Wildman–Crippen MR) is 78.8 cm³/mol. The van der Waals surface area contributed by atoms with Crippen LogP contribution in [0.25, 0.3) is 0 Å². The standard InChI is InChI=1S/C13H26N2O5S/c1-4-20-13(17)12-6-5-7-14(10-12)21(18,19)15(8-9-16)11(2)3/h11-12,16H,4-10H2,1-3H3. The molecule has 8 heteroatoms. The molecule has 1 N–H and O–H groups in total. The Morgan fingerprint density at radius 3 is 2.67 bits per heavy atom. The fourth-order valence-electron chi connectivity index (χ4n) is 2.49. The Morgan fingerprint density at radius 2 is 2.14 bits per heavy atom. The van der Waals surface area contributed by atoms with Crippen LogP contribution in [0.2, 0.25) is 0 Å². The molecule has 0 saturated carbocycles. The first kappa shape index (κ1) is 18.3. The molecule has 1 saturated heterocycles. The van der Waals surface area contributed by atoms with E-state index in [0.717, 1.165) is 0 Å². The van der Waals surface area contributed by atoms with Crippen molar-refractivity contribution in [1.82, 2.24) is 8.61 Å². The van der Waals surface area contributed by atoms with E-state index in [-0.39, 0.29) is 31.7 Å². The highest BCUT2D eigenvalue weighted by atomic mass is 32.2. The minimum Gasteiger partial charge on any atom is -0.466 e. The van der Waals surface area contributed by atoms with Crippen LogP contribution in [0.3, 0.4) is 0 Å². The van der Waals surface area contributed by atoms with Gasteiger partial charge in [-0.1, -0.05) is 0 Å². The van der Waals surface area contributed by atoms with Crippen molar-refractivity contribution in [3.05, 3.63) is 0 Å². The predicted octanol–water partition coefficient (Wildman–Crippen LogP) is 0.209. The van der Waals surface area contributed by atoms with Crippen molar-refractivity contribution >= 4 is 16.2 Å². The van der Waals surface area contributed by atoms with Gasteiger partial charge in [0.15, 0.2) is 0 Å². The molecule has 1 atom stereocenters. The van der Waals surface area contributed by atoms with Gasteiger partial charge >= 0.3 is 5.97 Å². The lowest BCUT2D eigenvalue weighted by Gasteiger charge is -2.36. The number of esters is 1. The minimum absolute atomic E-state index is 0.0561. The molecular weight excluding hydrogens is 296 g/mol. The summed E-state index contributed by atoms with van der Waals surface area (Å²) in [5.74, 6) is -0.743. The Kier molecular flexibility index (Phi) is 7.05. The maximum Gasteiger partial charge on any atom is 0.310 e. The third-order valence-corrected chi connectivity index (χ3v) is 5.70. The molecule has 21 heavy (non-hydrogen) atoms. The number of hydrogen-bond acceptors (Lipinski definition) is 5. The summed E-state index contributed by atoms with van der Waals surface area (Å²) in [4.78, 5) is 11.8. The third-order valence-electron chi connectivity index (χ3n) is 3.52. The van der Waals surface area contributed by atoms with Crippen molar-refractivity contribution in [2.24, 2.45) is 5.92 Å². The van der Waals surface area contributed by atoms with E-state index in [0.29, 0.717) is 26.0 Å². The monoisotopic (exact) mass is 322 g/mol. The van der Waals surface area contributed by atoms with E-state index >= 15 is 0 Å². The summed E-state index contributed by atoms with van der Waals surface area (Å²) in [6.07, 6.45) is 1.28. The van der Waals surface area contributed by atoms with Gasteiger partial charge in [0.25, 0.3) is 10.2 Å². The van der Waals surface area contributed by atoms with Crippen molar-refractivity contribution in [3.8, 4) is 0 Å². The molecule has 1 aliphatic heterocycles. The first-order chi connectivity index (χ1) is 9.84. The zero-order valence-corrected chi connectivity index (χ0v) is 13.8. The number of aliphatic hydroxyl groups excluding tert-OH is 1. The molecule has 1 unspecified atom stereocenters. The summed E-state index contributed by atoms with van der Waals surface area (Å²) in [5.41, 5.74) is 0. The van der Waals surface area contributed by atoms with Crippen molar-refractivity contribution < 1.29 is 23.1 Å². The van der Waals surface area contributed by atoms with Gasteiger partial charge in [0.1, 0.15) is 0 Å². The number of carbonyl (C=O) groups excluding carboxylic acids is 1. The van der Waals surface area contributed by atoms with E-state index in [1.807, 2.05) is 0 Å². The molecule has 0 aromatic heterocycles. The third kappa shape index (κ3) is 4.64. The molecule has 7 nitrogen and oxygen atoms in total. The van der Waals surface area contributed by atoms with Gasteiger partial charge in [0.05, 0.1) is 19.1 Å². The van der Waals surface area contributed by atoms with Gasteiger partial charge in [-0.25, -0.2) is 0 Å². The van der Waals surface area contributed by atoms with Gasteiger partial charge in [-0.15, -0.1) is 0 Å². The van der Waals surface area contributed by atoms with Crippen molar-refractivity contribution in [1.29, 1.82) is 0 Å². The SMILES string of the molecule is CCOC(=O)C1CCCN(S(=O)(=O)N(CCO)C(C)C)C1. The summed E-state index contributed by atoms with van der Waals surface area (Å²) in [6, 6.07) is -0.245. The Balaban J connectivity index is 2.84. The molecule has 0 spiro atoms. The molecule has 124 valence electrons. The van der Waals surface area contributed by atoms with Gasteiger partial charge in [-0.05, 0) is 33.6 Å². The van der Waals surface area contributed by atoms with Crippen LogP contribution in [0.4, 0.5) is 0 Å². The summed E-state index contributed by atoms with van der Waals surface area (Å²) >= 11 is 0. The normalized spacial score (nSPS) is 21.0. The number of ether oxygens (including phenoxy) is 1. The molecule has 0 bridgehead atoms. The van der Waals surface area contributed by atoms with Crippen LogP contribution in [0.1, 0.15) is 33.6 Å². The number of rotatable bonds is 7. The minimum atomic E-state index is -3.67. The average Bonchev–Trinajstić information content (AvgIpc) is 2.44. The molecule has 0 aliphatic carbocycles. The topological polar surface area (TPSA) is 87.2 Å². The van der Waals surface area contributed by atoms with Gasteiger partial charge in [-0.2, -0.15) is 17.0 Å². The second-order valence-corrected chi connectivity index (χ2v) is 7.27. The number of carbonyl (C=O) groups is 1. The van der Waals surface area contributed by atoms with Gasteiger partial charge in [0, 0.05) is 25.7 Å². The summed E-state index contributed by atoms with van der Waals surface area (Å²) in [7, 11) is -3.67. The molecule has 1 heterocycles. The van der Waals surface area contributed by atoms with E-state index in [9.17, 15) is 13.2 Å². The second-order valence-electron chi connectivity index (χ2n) is 5.39. The molecule has 0 radical (unpaired) electrons. The van der Waals surface area contributed by atoms with Crippen LogP contribution >= 0.6 is 0 Å². The van der Waals surface area contributed by atoms with Crippen molar-refractivity contribution in [2.45, 2.75) is 39.7 Å². The lowest BCUT2D eigenvalue weighted by molar-refractivity contribution is -0.149. The van der Waals surface area contributed by atoms with E-state index in [1.165, 1.54) is 8.61 Å². The van der Waals surface area contributed by atoms with Crippen LogP contribution < -0.4 is 0 Å². The zero-order chi connectivity index (χ0) is 16.0. The number of nitrogens with zero attached hydrogens (tertiary/aromatic N) is 2. The van der Waals surface area contributed by atoms with Gasteiger partial charge in [-0.3, -0.25) is 4.79 Å². The summed E-state index contributed by atoms with van der Waals surface area (Å²) in [5, 5.41) is 9.06. The molecule has 1 aliphatic rings. The van der Waals surface area contributed by atoms with Gasteiger partial charge in [0.2, 0.25) is 0 Å². The Labute approximate surface area is 127 Å². The highest BCUT2D eigenvalue weighted by molar-refractivity contribution is 7.86. The Hall–Kier alpha value is -0.700. The molecule has 1 fully saturated rings. The summed E-state index contributed by atoms with van der Waals surface area (Å²) in [6.45, 7) is 5.93. The average molecular weight is 322 g/mol. The fraction of sp³-hybridized carbons (Fsp3) is 0.923. The number of hydrogen-bond donors (Lipinski definition) is 1. The lowest BCUT2D eigenvalue weighted by atomic mass is 10.0. The first-order valence-corrected chi connectivity index (χ1v) is 8.78. The molecule has 0 aromatic rings. The van der Waals surface area contributed by atoms with Crippen LogP contribution in [-0.4, -0.2) is 67.0 Å². The lowest BCUT2D eigenvalue weighted by Crippen LogP contribution is -2.51. The molecule has 1 rings (SSSR count). The first-order valence-electron chi connectivity index (χ1n) is 7.39. The van der Waals surface area contributed by atoms with E-state index in [2.05, 4.69) is 0 Å². The number of aliphatic hydroxyl groups is 1. The Bertz CT molecular complexity index is 438. The molecular formula is C13H26N2O5S. The molecule has 0 amide bonds.